The summed E-state index contributed by atoms with van der Waals surface area (Å²) in [5.41, 5.74) is 0.967. The molecule has 7 heteroatoms. The Bertz CT molecular complexity index is 596. The van der Waals surface area contributed by atoms with Gasteiger partial charge in [-0.2, -0.15) is 0 Å². The number of carbonyl (C=O) groups excluding carboxylic acids is 1. The van der Waals surface area contributed by atoms with Gasteiger partial charge in [0.05, 0.1) is 10.7 Å². The van der Waals surface area contributed by atoms with Crippen LogP contribution in [0.3, 0.4) is 0 Å². The minimum absolute atomic E-state index is 0.103. The fourth-order valence-electron chi connectivity index (χ4n) is 2.57. The molecule has 0 spiro atoms. The maximum absolute atomic E-state index is 12.6. The molecule has 0 bridgehead atoms. The van der Waals surface area contributed by atoms with E-state index in [0.717, 1.165) is 28.5 Å². The predicted molar refractivity (Wildman–Crippen MR) is 97.7 cm³/mol. The number of aromatic nitrogens is 1. The average molecular weight is 358 g/mol. The molecule has 0 aromatic carbocycles. The van der Waals surface area contributed by atoms with Gasteiger partial charge in [0.2, 0.25) is 0 Å². The number of amides is 2. The van der Waals surface area contributed by atoms with Crippen LogP contribution in [0.25, 0.3) is 0 Å². The van der Waals surface area contributed by atoms with Crippen LogP contribution in [-0.2, 0) is 17.2 Å². The monoisotopic (exact) mass is 357 g/mol. The van der Waals surface area contributed by atoms with E-state index in [4.69, 9.17) is 0 Å². The second-order valence-corrected chi connectivity index (χ2v) is 10.5. The molecule has 1 saturated heterocycles. The minimum atomic E-state index is -0.891. The number of thiazole rings is 1. The molecule has 1 atom stereocenters. The van der Waals surface area contributed by atoms with Crippen molar-refractivity contribution in [3.63, 3.8) is 0 Å². The van der Waals surface area contributed by atoms with E-state index in [1.165, 1.54) is 11.3 Å². The summed E-state index contributed by atoms with van der Waals surface area (Å²) >= 11 is 1.52. The van der Waals surface area contributed by atoms with E-state index in [9.17, 15) is 9.00 Å². The lowest BCUT2D eigenvalue weighted by Gasteiger charge is -2.22. The molecule has 1 fully saturated rings. The summed E-state index contributed by atoms with van der Waals surface area (Å²) in [5, 5.41) is 4.84. The quantitative estimate of drug-likeness (QED) is 0.901. The third-order valence-corrected chi connectivity index (χ3v) is 6.98. The summed E-state index contributed by atoms with van der Waals surface area (Å²) in [5.74, 6) is 1.04. The number of carbonyl (C=O) groups is 1. The molecule has 0 aliphatic carbocycles. The molecule has 2 rings (SSSR count). The number of nitrogens with one attached hydrogen (secondary N) is 1. The molecule has 1 aromatic rings. The standard InChI is InChI=1S/C16H27N3O2S2/c1-11(2)10-13-14(22-12(3)17-13)18-15(20)19-7-6-16(4,5)23(21)9-8-19/h11H,6-10H2,1-5H3,(H,18,20). The van der Waals surface area contributed by atoms with Gasteiger partial charge in [-0.05, 0) is 39.5 Å². The third-order valence-electron chi connectivity index (χ3n) is 4.06. The van der Waals surface area contributed by atoms with Crippen molar-refractivity contribution >= 4 is 33.2 Å². The maximum Gasteiger partial charge on any atom is 0.322 e. The van der Waals surface area contributed by atoms with Gasteiger partial charge in [0, 0.05) is 34.4 Å². The zero-order valence-electron chi connectivity index (χ0n) is 14.6. The van der Waals surface area contributed by atoms with Crippen molar-refractivity contribution in [2.75, 3.05) is 24.2 Å². The number of hydrogen-bond acceptors (Lipinski definition) is 4. The van der Waals surface area contributed by atoms with Crippen molar-refractivity contribution in [2.24, 2.45) is 5.92 Å². The second kappa shape index (κ2) is 7.30. The molecule has 5 nitrogen and oxygen atoms in total. The third kappa shape index (κ3) is 4.76. The largest absolute Gasteiger partial charge is 0.324 e. The summed E-state index contributed by atoms with van der Waals surface area (Å²) < 4.78 is 12.0. The Kier molecular flexibility index (Phi) is 5.84. The molecule has 1 unspecified atom stereocenters. The number of anilines is 1. The zero-order valence-corrected chi connectivity index (χ0v) is 16.3. The van der Waals surface area contributed by atoms with E-state index in [1.54, 1.807) is 4.90 Å². The molecule has 2 heterocycles. The predicted octanol–water partition coefficient (Wildman–Crippen LogP) is 3.41. The van der Waals surface area contributed by atoms with Crippen molar-refractivity contribution < 1.29 is 9.00 Å². The maximum atomic E-state index is 12.6. The highest BCUT2D eigenvalue weighted by atomic mass is 32.2. The minimum Gasteiger partial charge on any atom is -0.324 e. The number of rotatable bonds is 3. The Hall–Kier alpha value is -0.950. The van der Waals surface area contributed by atoms with Crippen molar-refractivity contribution in [3.8, 4) is 0 Å². The first-order chi connectivity index (χ1) is 10.7. The van der Waals surface area contributed by atoms with E-state index in [1.807, 2.05) is 20.8 Å². The number of aryl methyl sites for hydroxylation is 1. The van der Waals surface area contributed by atoms with Crippen LogP contribution in [0.1, 0.15) is 44.8 Å². The van der Waals surface area contributed by atoms with Crippen LogP contribution in [0.15, 0.2) is 0 Å². The molecule has 23 heavy (non-hydrogen) atoms. The normalized spacial score (nSPS) is 21.3. The summed E-state index contributed by atoms with van der Waals surface area (Å²) in [6, 6.07) is -0.103. The summed E-state index contributed by atoms with van der Waals surface area (Å²) in [6.07, 6.45) is 1.62. The lowest BCUT2D eigenvalue weighted by atomic mass is 10.1. The number of urea groups is 1. The first kappa shape index (κ1) is 18.4. The van der Waals surface area contributed by atoms with Gasteiger partial charge in [-0.15, -0.1) is 11.3 Å². The van der Waals surface area contributed by atoms with E-state index in [-0.39, 0.29) is 10.8 Å². The van der Waals surface area contributed by atoms with E-state index < -0.39 is 10.8 Å². The molecule has 0 radical (unpaired) electrons. The van der Waals surface area contributed by atoms with Gasteiger partial charge in [-0.1, -0.05) is 13.8 Å². The van der Waals surface area contributed by atoms with Crippen LogP contribution < -0.4 is 5.32 Å². The van der Waals surface area contributed by atoms with Crippen LogP contribution in [0.5, 0.6) is 0 Å². The van der Waals surface area contributed by atoms with Gasteiger partial charge in [-0.3, -0.25) is 9.53 Å². The molecule has 1 aliphatic rings. The Balaban J connectivity index is 2.06. The first-order valence-electron chi connectivity index (χ1n) is 8.10. The first-order valence-corrected chi connectivity index (χ1v) is 10.2. The highest BCUT2D eigenvalue weighted by molar-refractivity contribution is 7.86. The van der Waals surface area contributed by atoms with Crippen LogP contribution in [-0.4, -0.2) is 43.7 Å². The van der Waals surface area contributed by atoms with Crippen LogP contribution >= 0.6 is 11.3 Å². The number of nitrogens with zero attached hydrogens (tertiary/aromatic N) is 2. The lowest BCUT2D eigenvalue weighted by molar-refractivity contribution is 0.214. The molecule has 2 amide bonds. The van der Waals surface area contributed by atoms with Gasteiger partial charge in [-0.25, -0.2) is 9.78 Å². The molecular weight excluding hydrogens is 330 g/mol. The smallest absolute Gasteiger partial charge is 0.322 e. The number of hydrogen-bond donors (Lipinski definition) is 1. The summed E-state index contributed by atoms with van der Waals surface area (Å²) in [7, 11) is -0.891. The fraction of sp³-hybridized carbons (Fsp3) is 0.750. The lowest BCUT2D eigenvalue weighted by Crippen LogP contribution is -2.37. The Labute approximate surface area is 145 Å². The van der Waals surface area contributed by atoms with Crippen molar-refractivity contribution in [3.05, 3.63) is 10.7 Å². The topological polar surface area (TPSA) is 62.3 Å². The molecule has 1 aliphatic heterocycles. The van der Waals surface area contributed by atoms with Gasteiger partial charge in [0.25, 0.3) is 0 Å². The average Bonchev–Trinajstić information content (AvgIpc) is 2.69. The van der Waals surface area contributed by atoms with Crippen molar-refractivity contribution in [1.82, 2.24) is 9.88 Å². The summed E-state index contributed by atoms with van der Waals surface area (Å²) in [6.45, 7) is 11.5. The molecule has 0 saturated carbocycles. The Morgan fingerprint density at radius 3 is 2.78 bits per heavy atom. The van der Waals surface area contributed by atoms with Gasteiger partial charge in [0.1, 0.15) is 5.00 Å². The molecule has 1 N–H and O–H groups in total. The van der Waals surface area contributed by atoms with Gasteiger partial charge < -0.3 is 4.90 Å². The van der Waals surface area contributed by atoms with E-state index in [2.05, 4.69) is 24.1 Å². The van der Waals surface area contributed by atoms with Crippen LogP contribution in [0.2, 0.25) is 0 Å². The second-order valence-electron chi connectivity index (χ2n) is 7.08. The Morgan fingerprint density at radius 1 is 1.43 bits per heavy atom. The molecule has 1 aromatic heterocycles. The van der Waals surface area contributed by atoms with Crippen LogP contribution in [0, 0.1) is 12.8 Å². The van der Waals surface area contributed by atoms with Crippen molar-refractivity contribution in [2.45, 2.75) is 52.2 Å². The van der Waals surface area contributed by atoms with Gasteiger partial charge in [0.15, 0.2) is 0 Å². The highest BCUT2D eigenvalue weighted by Gasteiger charge is 2.31. The SMILES string of the molecule is Cc1nc(CC(C)C)c(NC(=O)N2CCS(=O)C(C)(C)CC2)s1. The van der Waals surface area contributed by atoms with Gasteiger partial charge >= 0.3 is 6.03 Å². The van der Waals surface area contributed by atoms with E-state index in [0.29, 0.717) is 24.8 Å². The Morgan fingerprint density at radius 2 is 2.13 bits per heavy atom. The molecule has 130 valence electrons. The fourth-order valence-corrected chi connectivity index (χ4v) is 4.67. The summed E-state index contributed by atoms with van der Waals surface area (Å²) in [4.78, 5) is 18.9. The zero-order chi connectivity index (χ0) is 17.2. The molecular formula is C16H27N3O2S2. The van der Waals surface area contributed by atoms with Crippen molar-refractivity contribution in [1.29, 1.82) is 0 Å². The highest BCUT2D eigenvalue weighted by Crippen LogP contribution is 2.27. The van der Waals surface area contributed by atoms with E-state index >= 15 is 0 Å². The van der Waals surface area contributed by atoms with Crippen LogP contribution in [0.4, 0.5) is 9.80 Å².